The van der Waals surface area contributed by atoms with E-state index in [2.05, 4.69) is 32.0 Å². The van der Waals surface area contributed by atoms with Gasteiger partial charge in [0, 0.05) is 23.2 Å². The molecule has 3 fully saturated rings. The monoisotopic (exact) mass is 621 g/mol. The molecule has 0 bridgehead atoms. The number of piperidine rings is 1. The number of fused-ring (bicyclic) bond motifs is 3. The number of carbonyl (C=O) groups is 3. The number of nitrogens with two attached hydrogens (primary N) is 2. The lowest BCUT2D eigenvalue weighted by Crippen LogP contribution is -2.50. The van der Waals surface area contributed by atoms with Crippen LogP contribution in [-0.4, -0.2) is 67.9 Å². The molecular weight excluding hydrogens is 582 g/mol. The van der Waals surface area contributed by atoms with E-state index in [0.29, 0.717) is 48.0 Å². The van der Waals surface area contributed by atoms with Gasteiger partial charge in [-0.15, -0.1) is 5.10 Å². The zero-order chi connectivity index (χ0) is 32.0. The van der Waals surface area contributed by atoms with Gasteiger partial charge in [0.15, 0.2) is 5.82 Å². The number of benzene rings is 2. The van der Waals surface area contributed by atoms with Gasteiger partial charge in [-0.05, 0) is 114 Å². The van der Waals surface area contributed by atoms with Crippen molar-refractivity contribution < 1.29 is 14.4 Å². The molecule has 2 saturated carbocycles. The van der Waals surface area contributed by atoms with Crippen molar-refractivity contribution in [3.63, 3.8) is 0 Å². The number of rotatable bonds is 9. The fraction of sp³-hybridized carbons (Fsp3) is 0.500. The van der Waals surface area contributed by atoms with Crippen molar-refractivity contribution in [2.75, 3.05) is 6.54 Å². The predicted molar refractivity (Wildman–Crippen MR) is 167 cm³/mol. The summed E-state index contributed by atoms with van der Waals surface area (Å²) in [7, 11) is 0. The molecule has 1 unspecified atom stereocenters. The lowest BCUT2D eigenvalue weighted by atomic mass is 9.65. The van der Waals surface area contributed by atoms with E-state index in [-0.39, 0.29) is 30.6 Å². The van der Waals surface area contributed by atoms with E-state index in [4.69, 9.17) is 11.5 Å². The lowest BCUT2D eigenvalue weighted by molar-refractivity contribution is -0.131. The third-order valence-corrected chi connectivity index (χ3v) is 10.9. The second-order valence-corrected chi connectivity index (χ2v) is 13.5. The van der Waals surface area contributed by atoms with Gasteiger partial charge in [0.1, 0.15) is 6.04 Å². The number of hydrogen-bond donors (Lipinski definition) is 4. The van der Waals surface area contributed by atoms with Crippen LogP contribution in [0.15, 0.2) is 36.4 Å². The highest BCUT2D eigenvalue weighted by molar-refractivity contribution is 5.94. The summed E-state index contributed by atoms with van der Waals surface area (Å²) in [4.78, 5) is 40.0. The zero-order valence-corrected chi connectivity index (χ0v) is 25.7. The van der Waals surface area contributed by atoms with Crippen LogP contribution in [0.4, 0.5) is 0 Å². The number of carbonyl (C=O) groups excluding carboxylic acids is 3. The second-order valence-electron chi connectivity index (χ2n) is 13.5. The third kappa shape index (κ3) is 5.22. The minimum Gasteiger partial charge on any atom is -0.366 e. The summed E-state index contributed by atoms with van der Waals surface area (Å²) in [6.45, 7) is 0.133. The van der Waals surface area contributed by atoms with Gasteiger partial charge in [0.05, 0.1) is 18.0 Å². The van der Waals surface area contributed by atoms with Crippen LogP contribution < -0.4 is 16.8 Å². The van der Waals surface area contributed by atoms with Gasteiger partial charge in [-0.25, -0.2) is 5.10 Å². The molecule has 1 aliphatic heterocycles. The molecule has 46 heavy (non-hydrogen) atoms. The quantitative estimate of drug-likeness (QED) is 0.279. The number of nitrogens with one attached hydrogen (secondary N) is 2. The molecule has 3 aromatic rings. The van der Waals surface area contributed by atoms with Crippen molar-refractivity contribution in [3.8, 4) is 6.07 Å². The zero-order valence-electron chi connectivity index (χ0n) is 25.7. The molecule has 12 heteroatoms. The Balaban J connectivity index is 1.34. The van der Waals surface area contributed by atoms with Crippen LogP contribution in [0.2, 0.25) is 0 Å². The maximum absolute atomic E-state index is 13.7. The predicted octanol–water partition coefficient (Wildman–Crippen LogP) is 2.27. The van der Waals surface area contributed by atoms with Gasteiger partial charge >= 0.3 is 0 Å². The Bertz CT molecular complexity index is 1640. The minimum atomic E-state index is -0.917. The number of tetrazole rings is 1. The summed E-state index contributed by atoms with van der Waals surface area (Å²) in [5.74, 6) is 0.213. The molecule has 4 aliphatic rings. The molecule has 238 valence electrons. The Morgan fingerprint density at radius 1 is 1.00 bits per heavy atom. The van der Waals surface area contributed by atoms with Gasteiger partial charge < -0.3 is 21.7 Å². The first kappa shape index (κ1) is 30.0. The number of primary amides is 2. The minimum absolute atomic E-state index is 0.0355. The number of likely N-dealkylation sites (tertiary alicyclic amines) is 1. The second kappa shape index (κ2) is 11.9. The van der Waals surface area contributed by atoms with Crippen LogP contribution in [0.5, 0.6) is 0 Å². The van der Waals surface area contributed by atoms with Crippen molar-refractivity contribution in [2.45, 2.75) is 87.7 Å². The van der Waals surface area contributed by atoms with E-state index >= 15 is 0 Å². The molecule has 0 spiro atoms. The maximum atomic E-state index is 13.7. The van der Waals surface area contributed by atoms with E-state index < -0.39 is 17.2 Å². The smallest absolute Gasteiger partial charge is 0.248 e. The first-order valence-electron chi connectivity index (χ1n) is 16.3. The first-order valence-corrected chi connectivity index (χ1v) is 16.3. The van der Waals surface area contributed by atoms with Crippen LogP contribution in [0.3, 0.4) is 0 Å². The van der Waals surface area contributed by atoms with E-state index in [1.807, 2.05) is 24.3 Å². The summed E-state index contributed by atoms with van der Waals surface area (Å²) < 4.78 is 0. The van der Waals surface area contributed by atoms with Crippen LogP contribution in [0.1, 0.15) is 100 Å². The highest BCUT2D eigenvalue weighted by Crippen LogP contribution is 2.49. The van der Waals surface area contributed by atoms with Crippen LogP contribution in [-0.2, 0) is 23.1 Å². The summed E-state index contributed by atoms with van der Waals surface area (Å²) in [6.07, 6.45) is 8.89. The molecule has 1 saturated heterocycles. The Labute approximate surface area is 267 Å². The topological polar surface area (TPSA) is 197 Å². The number of H-pyrrole nitrogens is 1. The Hall–Kier alpha value is -4.63. The largest absolute Gasteiger partial charge is 0.366 e. The summed E-state index contributed by atoms with van der Waals surface area (Å²) in [5.41, 5.74) is 15.1. The fourth-order valence-electron chi connectivity index (χ4n) is 8.58. The molecule has 2 aromatic carbocycles. The normalized spacial score (nSPS) is 23.7. The van der Waals surface area contributed by atoms with Crippen molar-refractivity contribution in [2.24, 2.45) is 23.3 Å². The van der Waals surface area contributed by atoms with Gasteiger partial charge in [0.2, 0.25) is 17.7 Å². The highest BCUT2D eigenvalue weighted by Gasteiger charge is 2.54. The van der Waals surface area contributed by atoms with Crippen LogP contribution in [0, 0.1) is 23.2 Å². The number of aryl methyl sites for hydroxylation is 2. The van der Waals surface area contributed by atoms with E-state index in [9.17, 15) is 19.6 Å². The molecule has 6 N–H and O–H groups in total. The van der Waals surface area contributed by atoms with Crippen molar-refractivity contribution in [3.05, 3.63) is 75.6 Å². The molecule has 2 heterocycles. The number of nitriles is 1. The third-order valence-electron chi connectivity index (χ3n) is 10.9. The van der Waals surface area contributed by atoms with Crippen molar-refractivity contribution in [1.29, 1.82) is 5.26 Å². The SMILES string of the molecule is N#CC1C[C@@H]2C[C@@H]2N1C(=O)CN[C@@H](CC1(c2nnn[nH]2)c2ccc(C(N)=O)cc2CCc2cc(C(N)=O)ccc21)C1CCCCC1. The van der Waals surface area contributed by atoms with Gasteiger partial charge in [0.25, 0.3) is 0 Å². The molecule has 1 aromatic heterocycles. The van der Waals surface area contributed by atoms with Crippen LogP contribution >= 0.6 is 0 Å². The molecule has 12 nitrogen and oxygen atoms in total. The van der Waals surface area contributed by atoms with Crippen molar-refractivity contribution >= 4 is 17.7 Å². The standard InChI is InChI=1S/C34H39N9O3/c35-17-25-14-24-15-29(24)43(25)30(44)18-38-28(19-4-2-1-3-5-19)16-34(33-39-41-42-40-33)26-10-8-22(31(36)45)12-20(26)6-7-21-13-23(32(37)46)9-11-27(21)34/h8-13,19,24-25,28-29,38H,1-7,14-16,18H2,(H2,36,45)(H2,37,46)(H,39,40,41,42)/t24-,25?,28+,29+/m1/s1. The summed E-state index contributed by atoms with van der Waals surface area (Å²) in [6, 6.07) is 13.1. The summed E-state index contributed by atoms with van der Waals surface area (Å²) >= 11 is 0. The first-order chi connectivity index (χ1) is 22.3. The number of nitrogens with zero attached hydrogens (tertiary/aromatic N) is 5. The number of hydrogen-bond acceptors (Lipinski definition) is 8. The number of aromatic amines is 1. The Morgan fingerprint density at radius 2 is 1.65 bits per heavy atom. The van der Waals surface area contributed by atoms with E-state index in [1.54, 1.807) is 17.0 Å². The maximum Gasteiger partial charge on any atom is 0.248 e. The molecule has 0 radical (unpaired) electrons. The highest BCUT2D eigenvalue weighted by atomic mass is 16.2. The van der Waals surface area contributed by atoms with Gasteiger partial charge in [-0.1, -0.05) is 31.4 Å². The average Bonchev–Trinajstić information content (AvgIpc) is 3.45. The fourth-order valence-corrected chi connectivity index (χ4v) is 8.58. The van der Waals surface area contributed by atoms with Gasteiger partial charge in [-0.2, -0.15) is 5.26 Å². The molecule has 7 rings (SSSR count). The molecule has 3 amide bonds. The van der Waals surface area contributed by atoms with Gasteiger partial charge in [-0.3, -0.25) is 14.4 Å². The number of amides is 3. The molecule has 4 atom stereocenters. The molecule has 3 aliphatic carbocycles. The Morgan fingerprint density at radius 3 is 2.22 bits per heavy atom. The van der Waals surface area contributed by atoms with E-state index in [1.165, 1.54) is 6.42 Å². The van der Waals surface area contributed by atoms with Crippen LogP contribution in [0.25, 0.3) is 0 Å². The Kier molecular flexibility index (Phi) is 7.80. The molecular formula is C34H39N9O3. The average molecular weight is 622 g/mol. The number of aromatic nitrogens is 4. The van der Waals surface area contributed by atoms with Crippen molar-refractivity contribution in [1.82, 2.24) is 30.8 Å². The lowest BCUT2D eigenvalue weighted by Gasteiger charge is -2.41. The van der Waals surface area contributed by atoms with E-state index in [0.717, 1.165) is 60.8 Å². The summed E-state index contributed by atoms with van der Waals surface area (Å²) in [5, 5.41) is 29.0.